The highest BCUT2D eigenvalue weighted by molar-refractivity contribution is 5.91. The predicted molar refractivity (Wildman–Crippen MR) is 64.5 cm³/mol. The number of anilines is 1. The first kappa shape index (κ1) is 12.1. The maximum Gasteiger partial charge on any atom is 0.356 e. The van der Waals surface area contributed by atoms with Crippen molar-refractivity contribution < 1.29 is 14.3 Å². The van der Waals surface area contributed by atoms with Gasteiger partial charge in [0.2, 0.25) is 5.89 Å². The topological polar surface area (TPSA) is 88.2 Å². The lowest BCUT2D eigenvalue weighted by molar-refractivity contribution is 0.0691. The number of nitrogens with one attached hydrogen (secondary N) is 1. The predicted octanol–water partition coefficient (Wildman–Crippen LogP) is 2.25. The van der Waals surface area contributed by atoms with Crippen molar-refractivity contribution in [2.45, 2.75) is 19.9 Å². The van der Waals surface area contributed by atoms with Gasteiger partial charge in [0.15, 0.2) is 5.69 Å². The number of aryl methyl sites for hydroxylation is 1. The summed E-state index contributed by atoms with van der Waals surface area (Å²) in [6.07, 6.45) is 3.06. The fourth-order valence-electron chi connectivity index (χ4n) is 1.56. The molecule has 94 valence electrons. The average molecular weight is 247 g/mol. The van der Waals surface area contributed by atoms with Crippen LogP contribution in [0.1, 0.15) is 35.1 Å². The first-order valence-electron chi connectivity index (χ1n) is 5.45. The summed E-state index contributed by atoms with van der Waals surface area (Å²) in [5, 5.41) is 12.0. The number of pyridine rings is 1. The Morgan fingerprint density at radius 3 is 2.89 bits per heavy atom. The van der Waals surface area contributed by atoms with Crippen molar-refractivity contribution in [1.82, 2.24) is 9.97 Å². The third-order valence-corrected chi connectivity index (χ3v) is 2.39. The van der Waals surface area contributed by atoms with Crippen LogP contribution < -0.4 is 5.32 Å². The van der Waals surface area contributed by atoms with Gasteiger partial charge in [0.05, 0.1) is 11.9 Å². The SMILES string of the molecule is Cc1cnc(C(C)Nc2cccnc2C(=O)O)o1. The summed E-state index contributed by atoms with van der Waals surface area (Å²) in [6.45, 7) is 3.64. The van der Waals surface area contributed by atoms with Crippen LogP contribution in [0, 0.1) is 6.92 Å². The van der Waals surface area contributed by atoms with Crippen molar-refractivity contribution in [3.8, 4) is 0 Å². The highest BCUT2D eigenvalue weighted by Gasteiger charge is 2.16. The second-order valence-electron chi connectivity index (χ2n) is 3.88. The minimum absolute atomic E-state index is 0.0207. The minimum Gasteiger partial charge on any atom is -0.476 e. The van der Waals surface area contributed by atoms with Gasteiger partial charge in [0, 0.05) is 6.20 Å². The Bertz CT molecular complexity index is 565. The summed E-state index contributed by atoms with van der Waals surface area (Å²) in [5.74, 6) is 0.143. The number of aromatic nitrogens is 2. The maximum absolute atomic E-state index is 11.0. The Morgan fingerprint density at radius 2 is 2.28 bits per heavy atom. The van der Waals surface area contributed by atoms with Crippen LogP contribution >= 0.6 is 0 Å². The molecular weight excluding hydrogens is 234 g/mol. The van der Waals surface area contributed by atoms with E-state index >= 15 is 0 Å². The lowest BCUT2D eigenvalue weighted by Gasteiger charge is -2.13. The molecular formula is C12H13N3O3. The Morgan fingerprint density at radius 1 is 1.50 bits per heavy atom. The molecule has 2 N–H and O–H groups in total. The van der Waals surface area contributed by atoms with Gasteiger partial charge < -0.3 is 14.8 Å². The quantitative estimate of drug-likeness (QED) is 0.861. The number of nitrogens with zero attached hydrogens (tertiary/aromatic N) is 2. The molecule has 6 nitrogen and oxygen atoms in total. The lowest BCUT2D eigenvalue weighted by Crippen LogP contribution is -2.12. The van der Waals surface area contributed by atoms with Crippen LogP contribution in [-0.2, 0) is 0 Å². The first-order valence-corrected chi connectivity index (χ1v) is 5.45. The number of oxazole rings is 1. The number of carboxylic acids is 1. The number of rotatable bonds is 4. The summed E-state index contributed by atoms with van der Waals surface area (Å²) in [6, 6.07) is 3.09. The van der Waals surface area contributed by atoms with Crippen LogP contribution in [0.4, 0.5) is 5.69 Å². The smallest absolute Gasteiger partial charge is 0.356 e. The first-order chi connectivity index (χ1) is 8.58. The molecule has 1 atom stereocenters. The van der Waals surface area contributed by atoms with Gasteiger partial charge in [-0.15, -0.1) is 0 Å². The highest BCUT2D eigenvalue weighted by atomic mass is 16.4. The Hall–Kier alpha value is -2.37. The molecule has 0 bridgehead atoms. The summed E-state index contributed by atoms with van der Waals surface area (Å²) in [4.78, 5) is 18.9. The molecule has 0 saturated heterocycles. The number of hydrogen-bond acceptors (Lipinski definition) is 5. The number of carbonyl (C=O) groups is 1. The molecule has 18 heavy (non-hydrogen) atoms. The van der Waals surface area contributed by atoms with Gasteiger partial charge in [-0.2, -0.15) is 0 Å². The molecule has 6 heteroatoms. The van der Waals surface area contributed by atoms with Crippen molar-refractivity contribution in [2.24, 2.45) is 0 Å². The van der Waals surface area contributed by atoms with Gasteiger partial charge >= 0.3 is 5.97 Å². The normalized spacial score (nSPS) is 12.1. The minimum atomic E-state index is -1.08. The van der Waals surface area contributed by atoms with Crippen LogP contribution in [0.15, 0.2) is 28.9 Å². The average Bonchev–Trinajstić information content (AvgIpc) is 2.76. The van der Waals surface area contributed by atoms with Gasteiger partial charge in [0.25, 0.3) is 0 Å². The molecule has 2 aromatic heterocycles. The zero-order valence-electron chi connectivity index (χ0n) is 10.0. The second-order valence-corrected chi connectivity index (χ2v) is 3.88. The third kappa shape index (κ3) is 2.48. The van der Waals surface area contributed by atoms with Crippen molar-refractivity contribution >= 4 is 11.7 Å². The second kappa shape index (κ2) is 4.87. The zero-order valence-corrected chi connectivity index (χ0v) is 10.0. The van der Waals surface area contributed by atoms with Crippen LogP contribution in [0.2, 0.25) is 0 Å². The summed E-state index contributed by atoms with van der Waals surface area (Å²) in [7, 11) is 0. The van der Waals surface area contributed by atoms with E-state index in [1.54, 1.807) is 25.3 Å². The summed E-state index contributed by atoms with van der Waals surface area (Å²) >= 11 is 0. The van der Waals surface area contributed by atoms with Crippen LogP contribution in [0.5, 0.6) is 0 Å². The molecule has 0 aromatic carbocycles. The van der Waals surface area contributed by atoms with Crippen molar-refractivity contribution in [3.05, 3.63) is 41.9 Å². The standard InChI is InChI=1S/C12H13N3O3/c1-7-6-14-11(18-7)8(2)15-9-4-3-5-13-10(9)12(16)17/h3-6,8,15H,1-2H3,(H,16,17). The molecule has 2 heterocycles. The number of hydrogen-bond donors (Lipinski definition) is 2. The van der Waals surface area contributed by atoms with Gasteiger partial charge in [-0.05, 0) is 26.0 Å². The van der Waals surface area contributed by atoms with Crippen LogP contribution in [0.3, 0.4) is 0 Å². The Balaban J connectivity index is 2.21. The molecule has 0 spiro atoms. The van der Waals surface area contributed by atoms with Gasteiger partial charge in [-0.1, -0.05) is 0 Å². The lowest BCUT2D eigenvalue weighted by atomic mass is 10.2. The highest BCUT2D eigenvalue weighted by Crippen LogP contribution is 2.20. The number of carboxylic acid groups (broad SMARTS) is 1. The molecule has 0 amide bonds. The maximum atomic E-state index is 11.0. The van der Waals surface area contributed by atoms with Crippen molar-refractivity contribution in [3.63, 3.8) is 0 Å². The zero-order chi connectivity index (χ0) is 13.1. The molecule has 0 fully saturated rings. The molecule has 2 aromatic rings. The van der Waals surface area contributed by atoms with E-state index in [1.165, 1.54) is 6.20 Å². The number of aromatic carboxylic acids is 1. The largest absolute Gasteiger partial charge is 0.476 e. The van der Waals surface area contributed by atoms with Crippen molar-refractivity contribution in [1.29, 1.82) is 0 Å². The van der Waals surface area contributed by atoms with E-state index < -0.39 is 5.97 Å². The van der Waals surface area contributed by atoms with E-state index in [0.717, 1.165) is 0 Å². The van der Waals surface area contributed by atoms with E-state index in [4.69, 9.17) is 9.52 Å². The third-order valence-electron chi connectivity index (χ3n) is 2.39. The fourth-order valence-corrected chi connectivity index (χ4v) is 1.56. The molecule has 0 aliphatic rings. The van der Waals surface area contributed by atoms with E-state index in [-0.39, 0.29) is 11.7 Å². The van der Waals surface area contributed by atoms with E-state index in [2.05, 4.69) is 15.3 Å². The summed E-state index contributed by atoms with van der Waals surface area (Å²) in [5.41, 5.74) is 0.418. The molecule has 0 aliphatic carbocycles. The fraction of sp³-hybridized carbons (Fsp3) is 0.250. The van der Waals surface area contributed by atoms with E-state index in [9.17, 15) is 4.79 Å². The molecule has 0 saturated carbocycles. The van der Waals surface area contributed by atoms with Crippen LogP contribution in [0.25, 0.3) is 0 Å². The monoisotopic (exact) mass is 247 g/mol. The summed E-state index contributed by atoms with van der Waals surface area (Å²) < 4.78 is 5.38. The Kier molecular flexibility index (Phi) is 3.27. The molecule has 0 radical (unpaired) electrons. The van der Waals surface area contributed by atoms with Crippen molar-refractivity contribution in [2.75, 3.05) is 5.32 Å². The molecule has 0 aliphatic heterocycles. The molecule has 1 unspecified atom stereocenters. The van der Waals surface area contributed by atoms with Gasteiger partial charge in [0.1, 0.15) is 11.8 Å². The van der Waals surface area contributed by atoms with Crippen LogP contribution in [-0.4, -0.2) is 21.0 Å². The van der Waals surface area contributed by atoms with E-state index in [0.29, 0.717) is 17.3 Å². The van der Waals surface area contributed by atoms with Gasteiger partial charge in [-0.25, -0.2) is 14.8 Å². The van der Waals surface area contributed by atoms with Gasteiger partial charge in [-0.3, -0.25) is 0 Å². The Labute approximate surface area is 104 Å². The van der Waals surface area contributed by atoms with E-state index in [1.807, 2.05) is 6.92 Å². The molecule has 2 rings (SSSR count).